The molecule has 132 valence electrons. The third-order valence-electron chi connectivity index (χ3n) is 4.29. The molecule has 0 saturated carbocycles. The lowest BCUT2D eigenvalue weighted by Crippen LogP contribution is -2.05. The number of aliphatic hydroxyl groups excluding tert-OH is 1. The molecule has 0 saturated heterocycles. The van der Waals surface area contributed by atoms with Crippen LogP contribution >= 0.6 is 0 Å². The molecule has 0 radical (unpaired) electrons. The van der Waals surface area contributed by atoms with Crippen molar-refractivity contribution in [1.82, 2.24) is 0 Å². The van der Waals surface area contributed by atoms with Crippen LogP contribution in [0.4, 0.5) is 0 Å². The molecule has 1 unspecified atom stereocenters. The van der Waals surface area contributed by atoms with E-state index in [-0.39, 0.29) is 12.1 Å². The van der Waals surface area contributed by atoms with E-state index in [1.165, 1.54) is 64.9 Å². The van der Waals surface area contributed by atoms with Gasteiger partial charge in [-0.25, -0.2) is 0 Å². The average molecular weight is 315 g/mol. The fraction of sp³-hybridized carbons (Fsp3) is 0.947. The van der Waals surface area contributed by atoms with Crippen LogP contribution in [0.5, 0.6) is 0 Å². The molecule has 0 fully saturated rings. The Labute approximate surface area is 137 Å². The maximum Gasteiger partial charge on any atom is 0.305 e. The zero-order chi connectivity index (χ0) is 16.5. The van der Waals surface area contributed by atoms with Crippen LogP contribution in [0.3, 0.4) is 0 Å². The van der Waals surface area contributed by atoms with Crippen LogP contribution in [0.2, 0.25) is 0 Å². The number of carbonyl (C=O) groups is 1. The smallest absolute Gasteiger partial charge is 0.305 e. The molecule has 0 bridgehead atoms. The lowest BCUT2D eigenvalue weighted by atomic mass is 10.0. The minimum atomic E-state index is -0.0992. The van der Waals surface area contributed by atoms with Crippen LogP contribution in [0.15, 0.2) is 0 Å². The fourth-order valence-corrected chi connectivity index (χ4v) is 2.76. The molecule has 3 nitrogen and oxygen atoms in total. The van der Waals surface area contributed by atoms with E-state index in [1.807, 2.05) is 0 Å². The Kier molecular flexibility index (Phi) is 16.4. The van der Waals surface area contributed by atoms with E-state index in [0.29, 0.717) is 6.42 Å². The van der Waals surface area contributed by atoms with Gasteiger partial charge in [0, 0.05) is 6.42 Å². The third kappa shape index (κ3) is 15.8. The maximum atomic E-state index is 10.9. The number of ether oxygens (including phenoxy) is 1. The molecule has 22 heavy (non-hydrogen) atoms. The average Bonchev–Trinajstić information content (AvgIpc) is 2.52. The van der Waals surface area contributed by atoms with Crippen molar-refractivity contribution < 1.29 is 14.6 Å². The monoisotopic (exact) mass is 314 g/mol. The van der Waals surface area contributed by atoms with Crippen molar-refractivity contribution in [1.29, 1.82) is 0 Å². The quantitative estimate of drug-likeness (QED) is 0.307. The molecule has 0 aliphatic rings. The van der Waals surface area contributed by atoms with E-state index >= 15 is 0 Å². The molecule has 1 N–H and O–H groups in total. The van der Waals surface area contributed by atoms with Crippen molar-refractivity contribution in [2.24, 2.45) is 0 Å². The summed E-state index contributed by atoms with van der Waals surface area (Å²) in [6, 6.07) is 0. The number of hydrogen-bond acceptors (Lipinski definition) is 3. The molecule has 0 heterocycles. The van der Waals surface area contributed by atoms with E-state index in [2.05, 4.69) is 11.7 Å². The van der Waals surface area contributed by atoms with Gasteiger partial charge in [-0.3, -0.25) is 4.79 Å². The SMILES string of the molecule is CCCCCCCCC(O)CCCCCCCCC(=O)OC. The number of hydrogen-bond donors (Lipinski definition) is 1. The van der Waals surface area contributed by atoms with E-state index in [1.54, 1.807) is 0 Å². The Morgan fingerprint density at radius 1 is 0.818 bits per heavy atom. The number of esters is 1. The first kappa shape index (κ1) is 21.4. The van der Waals surface area contributed by atoms with E-state index in [0.717, 1.165) is 32.1 Å². The van der Waals surface area contributed by atoms with Gasteiger partial charge in [0.2, 0.25) is 0 Å². The Bertz CT molecular complexity index is 241. The third-order valence-corrected chi connectivity index (χ3v) is 4.29. The lowest BCUT2D eigenvalue weighted by Gasteiger charge is -2.10. The van der Waals surface area contributed by atoms with Crippen LogP contribution in [-0.2, 0) is 9.53 Å². The number of carbonyl (C=O) groups excluding carboxylic acids is 1. The van der Waals surface area contributed by atoms with Gasteiger partial charge in [-0.2, -0.15) is 0 Å². The Hall–Kier alpha value is -0.570. The van der Waals surface area contributed by atoms with Crippen molar-refractivity contribution in [3.8, 4) is 0 Å². The predicted molar refractivity (Wildman–Crippen MR) is 93.0 cm³/mol. The minimum absolute atomic E-state index is 0.0921. The lowest BCUT2D eigenvalue weighted by molar-refractivity contribution is -0.140. The summed E-state index contributed by atoms with van der Waals surface area (Å²) in [5.41, 5.74) is 0. The first-order valence-electron chi connectivity index (χ1n) is 9.45. The highest BCUT2D eigenvalue weighted by Crippen LogP contribution is 2.14. The van der Waals surface area contributed by atoms with E-state index in [9.17, 15) is 9.90 Å². The summed E-state index contributed by atoms with van der Waals surface area (Å²) < 4.78 is 4.61. The van der Waals surface area contributed by atoms with Gasteiger partial charge >= 0.3 is 5.97 Å². The number of aliphatic hydroxyl groups is 1. The summed E-state index contributed by atoms with van der Waals surface area (Å²) in [7, 11) is 1.44. The minimum Gasteiger partial charge on any atom is -0.469 e. The van der Waals surface area contributed by atoms with Gasteiger partial charge in [-0.15, -0.1) is 0 Å². The van der Waals surface area contributed by atoms with Gasteiger partial charge in [0.1, 0.15) is 0 Å². The highest BCUT2D eigenvalue weighted by atomic mass is 16.5. The molecule has 0 aliphatic carbocycles. The van der Waals surface area contributed by atoms with Crippen molar-refractivity contribution in [3.05, 3.63) is 0 Å². The van der Waals surface area contributed by atoms with Crippen LogP contribution in [-0.4, -0.2) is 24.3 Å². The predicted octanol–water partition coefficient (Wildman–Crippen LogP) is 5.39. The molecule has 0 spiro atoms. The fourth-order valence-electron chi connectivity index (χ4n) is 2.76. The summed E-state index contributed by atoms with van der Waals surface area (Å²) in [5.74, 6) is -0.0992. The van der Waals surface area contributed by atoms with Crippen LogP contribution in [0, 0.1) is 0 Å². The van der Waals surface area contributed by atoms with Gasteiger partial charge < -0.3 is 9.84 Å². The molecule has 0 aliphatic heterocycles. The van der Waals surface area contributed by atoms with Crippen molar-refractivity contribution in [2.45, 2.75) is 109 Å². The summed E-state index contributed by atoms with van der Waals surface area (Å²) in [6.07, 6.45) is 16.9. The number of unbranched alkanes of at least 4 members (excludes halogenated alkanes) is 10. The topological polar surface area (TPSA) is 46.5 Å². The first-order chi connectivity index (χ1) is 10.7. The maximum absolute atomic E-state index is 10.9. The Morgan fingerprint density at radius 3 is 1.77 bits per heavy atom. The largest absolute Gasteiger partial charge is 0.469 e. The van der Waals surface area contributed by atoms with Gasteiger partial charge in [-0.1, -0.05) is 77.6 Å². The van der Waals surface area contributed by atoms with Gasteiger partial charge in [0.05, 0.1) is 13.2 Å². The van der Waals surface area contributed by atoms with Crippen molar-refractivity contribution >= 4 is 5.97 Å². The van der Waals surface area contributed by atoms with E-state index in [4.69, 9.17) is 0 Å². The Balaban J connectivity index is 3.18. The summed E-state index contributed by atoms with van der Waals surface area (Å²) in [5, 5.41) is 9.93. The van der Waals surface area contributed by atoms with Gasteiger partial charge in [-0.05, 0) is 19.3 Å². The van der Waals surface area contributed by atoms with Gasteiger partial charge in [0.25, 0.3) is 0 Å². The zero-order valence-corrected chi connectivity index (χ0v) is 14.9. The highest BCUT2D eigenvalue weighted by molar-refractivity contribution is 5.68. The van der Waals surface area contributed by atoms with E-state index < -0.39 is 0 Å². The van der Waals surface area contributed by atoms with Crippen LogP contribution in [0.25, 0.3) is 0 Å². The molecule has 0 aromatic carbocycles. The first-order valence-corrected chi connectivity index (χ1v) is 9.45. The molecule has 0 amide bonds. The zero-order valence-electron chi connectivity index (χ0n) is 14.9. The molecular formula is C19H38O3. The molecular weight excluding hydrogens is 276 g/mol. The molecule has 1 atom stereocenters. The second kappa shape index (κ2) is 16.8. The number of methoxy groups -OCH3 is 1. The van der Waals surface area contributed by atoms with Crippen LogP contribution < -0.4 is 0 Å². The standard InChI is InChI=1S/C19H38O3/c1-3-4-5-6-9-12-15-18(20)16-13-10-7-8-11-14-17-19(21)22-2/h18,20H,3-17H2,1-2H3. The number of rotatable bonds is 16. The summed E-state index contributed by atoms with van der Waals surface area (Å²) in [6.45, 7) is 2.24. The summed E-state index contributed by atoms with van der Waals surface area (Å²) >= 11 is 0. The molecule has 0 aromatic heterocycles. The normalized spacial score (nSPS) is 12.3. The molecule has 3 heteroatoms. The Morgan fingerprint density at radius 2 is 1.27 bits per heavy atom. The second-order valence-corrected chi connectivity index (χ2v) is 6.45. The molecule has 0 aromatic rings. The van der Waals surface area contributed by atoms with Crippen LogP contribution in [0.1, 0.15) is 103 Å². The molecule has 0 rings (SSSR count). The highest BCUT2D eigenvalue weighted by Gasteiger charge is 2.04. The summed E-state index contributed by atoms with van der Waals surface area (Å²) in [4.78, 5) is 10.9. The second-order valence-electron chi connectivity index (χ2n) is 6.45. The van der Waals surface area contributed by atoms with Crippen molar-refractivity contribution in [3.63, 3.8) is 0 Å². The van der Waals surface area contributed by atoms with Gasteiger partial charge in [0.15, 0.2) is 0 Å². The van der Waals surface area contributed by atoms with Crippen molar-refractivity contribution in [2.75, 3.05) is 7.11 Å².